The van der Waals surface area contributed by atoms with Gasteiger partial charge >= 0.3 is 5.97 Å². The normalized spacial score (nSPS) is 19.6. The van der Waals surface area contributed by atoms with Crippen LogP contribution >= 0.6 is 0 Å². The summed E-state index contributed by atoms with van der Waals surface area (Å²) >= 11 is 0. The van der Waals surface area contributed by atoms with E-state index in [9.17, 15) is 4.79 Å². The average molecular weight is 277 g/mol. The first-order chi connectivity index (χ1) is 9.54. The van der Waals surface area contributed by atoms with Crippen molar-refractivity contribution in [3.05, 3.63) is 47.9 Å². The third kappa shape index (κ3) is 3.76. The smallest absolute Gasteiger partial charge is 0.339 e. The first kappa shape index (κ1) is 16.1. The van der Waals surface area contributed by atoms with Gasteiger partial charge in [0, 0.05) is 18.2 Å². The van der Waals surface area contributed by atoms with Crippen LogP contribution in [0.25, 0.3) is 0 Å². The van der Waals surface area contributed by atoms with E-state index in [4.69, 9.17) is 9.47 Å². The van der Waals surface area contributed by atoms with Crippen LogP contribution in [0.3, 0.4) is 0 Å². The van der Waals surface area contributed by atoms with Crippen molar-refractivity contribution in [1.82, 2.24) is 5.32 Å². The Kier molecular flexibility index (Phi) is 6.10. The number of rotatable bonds is 6. The van der Waals surface area contributed by atoms with E-state index in [0.29, 0.717) is 18.1 Å². The van der Waals surface area contributed by atoms with Crippen LogP contribution in [-0.2, 0) is 14.3 Å². The Morgan fingerprint density at radius 3 is 2.80 bits per heavy atom. The lowest BCUT2D eigenvalue weighted by atomic mass is 9.93. The monoisotopic (exact) mass is 277 g/mol. The molecule has 110 valence electrons. The molecule has 0 saturated carbocycles. The number of carbonyl (C=O) groups excluding carboxylic acids is 1. The van der Waals surface area contributed by atoms with Crippen molar-refractivity contribution in [2.75, 3.05) is 20.3 Å². The molecule has 4 heteroatoms. The highest BCUT2D eigenvalue weighted by Crippen LogP contribution is 2.25. The summed E-state index contributed by atoms with van der Waals surface area (Å²) in [5, 5.41) is 3.28. The van der Waals surface area contributed by atoms with Gasteiger partial charge in [-0.25, -0.2) is 4.79 Å². The molecular formula is C16H23NO3. The van der Waals surface area contributed by atoms with E-state index in [1.807, 2.05) is 6.92 Å². The van der Waals surface area contributed by atoms with E-state index in [2.05, 4.69) is 25.4 Å². The number of carbonyl (C=O) groups is 1. The molecule has 1 aliphatic rings. The van der Waals surface area contributed by atoms with Crippen molar-refractivity contribution in [2.24, 2.45) is 5.92 Å². The number of hydrogen-bond acceptors (Lipinski definition) is 4. The summed E-state index contributed by atoms with van der Waals surface area (Å²) in [6.45, 7) is 12.7. The minimum Gasteiger partial charge on any atom is -0.494 e. The number of allylic oxidation sites excluding steroid dienone is 2. The highest BCUT2D eigenvalue weighted by molar-refractivity contribution is 5.92. The molecule has 1 heterocycles. The molecule has 0 aliphatic carbocycles. The number of methoxy groups -OCH3 is 1. The van der Waals surface area contributed by atoms with Crippen molar-refractivity contribution >= 4 is 5.97 Å². The topological polar surface area (TPSA) is 47.6 Å². The largest absolute Gasteiger partial charge is 0.494 e. The zero-order valence-corrected chi connectivity index (χ0v) is 12.5. The minimum atomic E-state index is -0.379. The summed E-state index contributed by atoms with van der Waals surface area (Å²) in [5.41, 5.74) is 2.42. The fraction of sp³-hybridized carbons (Fsp3) is 0.438. The van der Waals surface area contributed by atoms with Crippen LogP contribution in [0.1, 0.15) is 20.3 Å². The highest BCUT2D eigenvalue weighted by Gasteiger charge is 2.20. The molecule has 0 unspecified atom stereocenters. The van der Waals surface area contributed by atoms with Gasteiger partial charge < -0.3 is 14.8 Å². The van der Waals surface area contributed by atoms with Crippen LogP contribution in [0.4, 0.5) is 0 Å². The lowest BCUT2D eigenvalue weighted by Crippen LogP contribution is -2.28. The second-order valence-corrected chi connectivity index (χ2v) is 4.70. The molecule has 0 aromatic carbocycles. The number of ether oxygens (including phenoxy) is 2. The average Bonchev–Trinajstić information content (AvgIpc) is 2.46. The SMILES string of the molecule is C=CC1=C(C)[C@H](CN/C(C)=C(/C=C)C(=O)OC)CCO1. The third-order valence-corrected chi connectivity index (χ3v) is 3.54. The Hall–Kier alpha value is -1.97. The molecule has 0 bridgehead atoms. The Morgan fingerprint density at radius 2 is 2.25 bits per heavy atom. The van der Waals surface area contributed by atoms with Crippen LogP contribution in [0.15, 0.2) is 47.9 Å². The Bertz CT molecular complexity index is 460. The van der Waals surface area contributed by atoms with Crippen LogP contribution in [0.5, 0.6) is 0 Å². The maximum atomic E-state index is 11.6. The fourth-order valence-electron chi connectivity index (χ4n) is 2.19. The highest BCUT2D eigenvalue weighted by atomic mass is 16.5. The van der Waals surface area contributed by atoms with E-state index in [1.54, 1.807) is 6.08 Å². The summed E-state index contributed by atoms with van der Waals surface area (Å²) in [5.74, 6) is 0.855. The van der Waals surface area contributed by atoms with Gasteiger partial charge in [-0.2, -0.15) is 0 Å². The van der Waals surface area contributed by atoms with Gasteiger partial charge in [-0.3, -0.25) is 0 Å². The molecule has 1 N–H and O–H groups in total. The van der Waals surface area contributed by atoms with E-state index < -0.39 is 0 Å². The summed E-state index contributed by atoms with van der Waals surface area (Å²) in [7, 11) is 1.36. The standard InChI is InChI=1S/C16H23NO3/c1-6-14(16(18)19-5)12(4)17-10-13-8-9-20-15(7-2)11(13)3/h6-7,13,17H,1-2,8-10H2,3-5H3/b14-12-/t13-/m0/s1. The summed E-state index contributed by atoms with van der Waals surface area (Å²) in [6, 6.07) is 0. The van der Waals surface area contributed by atoms with Crippen molar-refractivity contribution in [2.45, 2.75) is 20.3 Å². The molecule has 0 aromatic rings. The molecule has 1 rings (SSSR count). The Morgan fingerprint density at radius 1 is 1.55 bits per heavy atom. The van der Waals surface area contributed by atoms with Gasteiger partial charge in [0.1, 0.15) is 5.76 Å². The van der Waals surface area contributed by atoms with Crippen molar-refractivity contribution < 1.29 is 14.3 Å². The van der Waals surface area contributed by atoms with Crippen molar-refractivity contribution in [3.63, 3.8) is 0 Å². The van der Waals surface area contributed by atoms with E-state index in [-0.39, 0.29) is 5.97 Å². The first-order valence-electron chi connectivity index (χ1n) is 6.66. The van der Waals surface area contributed by atoms with E-state index >= 15 is 0 Å². The predicted octanol–water partition coefficient (Wildman–Crippen LogP) is 2.71. The van der Waals surface area contributed by atoms with Gasteiger partial charge in [-0.15, -0.1) is 0 Å². The minimum absolute atomic E-state index is 0.371. The van der Waals surface area contributed by atoms with Crippen LogP contribution in [0.2, 0.25) is 0 Å². The molecule has 0 radical (unpaired) electrons. The maximum Gasteiger partial charge on any atom is 0.339 e. The molecule has 0 aromatic heterocycles. The lowest BCUT2D eigenvalue weighted by Gasteiger charge is -2.26. The van der Waals surface area contributed by atoms with Gasteiger partial charge in [-0.1, -0.05) is 19.2 Å². The number of esters is 1. The zero-order chi connectivity index (χ0) is 15.1. The molecule has 0 saturated heterocycles. The summed E-state index contributed by atoms with van der Waals surface area (Å²) < 4.78 is 10.3. The van der Waals surface area contributed by atoms with Gasteiger partial charge in [0.15, 0.2) is 0 Å². The second kappa shape index (κ2) is 7.58. The first-order valence-corrected chi connectivity index (χ1v) is 6.66. The Balaban J connectivity index is 2.76. The van der Waals surface area contributed by atoms with Crippen LogP contribution < -0.4 is 5.32 Å². The number of nitrogens with one attached hydrogen (secondary N) is 1. The van der Waals surface area contributed by atoms with Crippen LogP contribution in [-0.4, -0.2) is 26.2 Å². The molecule has 0 spiro atoms. The van der Waals surface area contributed by atoms with E-state index in [0.717, 1.165) is 24.4 Å². The van der Waals surface area contributed by atoms with Crippen molar-refractivity contribution in [1.29, 1.82) is 0 Å². The quantitative estimate of drug-likeness (QED) is 0.461. The molecule has 20 heavy (non-hydrogen) atoms. The van der Waals surface area contributed by atoms with Crippen LogP contribution in [0, 0.1) is 5.92 Å². The maximum absolute atomic E-state index is 11.6. The molecule has 4 nitrogen and oxygen atoms in total. The molecule has 0 amide bonds. The second-order valence-electron chi connectivity index (χ2n) is 4.70. The number of hydrogen-bond donors (Lipinski definition) is 1. The molecular weight excluding hydrogens is 254 g/mol. The van der Waals surface area contributed by atoms with Crippen molar-refractivity contribution in [3.8, 4) is 0 Å². The summed E-state index contributed by atoms with van der Waals surface area (Å²) in [6.07, 6.45) is 4.20. The van der Waals surface area contributed by atoms with E-state index in [1.165, 1.54) is 18.8 Å². The fourth-order valence-corrected chi connectivity index (χ4v) is 2.19. The predicted molar refractivity (Wildman–Crippen MR) is 79.9 cm³/mol. The van der Waals surface area contributed by atoms with Gasteiger partial charge in [0.05, 0.1) is 19.3 Å². The van der Waals surface area contributed by atoms with Gasteiger partial charge in [0.2, 0.25) is 0 Å². The molecule has 1 atom stereocenters. The zero-order valence-electron chi connectivity index (χ0n) is 12.5. The van der Waals surface area contributed by atoms with Gasteiger partial charge in [-0.05, 0) is 31.9 Å². The summed E-state index contributed by atoms with van der Waals surface area (Å²) in [4.78, 5) is 11.6. The lowest BCUT2D eigenvalue weighted by molar-refractivity contribution is -0.135. The Labute approximate surface area is 120 Å². The molecule has 1 aliphatic heterocycles. The van der Waals surface area contributed by atoms with Gasteiger partial charge in [0.25, 0.3) is 0 Å². The third-order valence-electron chi connectivity index (χ3n) is 3.54. The molecule has 0 fully saturated rings.